The van der Waals surface area contributed by atoms with Crippen LogP contribution >= 0.6 is 0 Å². The largest absolute Gasteiger partial charge is 0.373 e. The lowest BCUT2D eigenvalue weighted by Crippen LogP contribution is -2.33. The van der Waals surface area contributed by atoms with Gasteiger partial charge in [0.2, 0.25) is 0 Å². The third kappa shape index (κ3) is 3.31. The van der Waals surface area contributed by atoms with Gasteiger partial charge in [-0.3, -0.25) is 0 Å². The SMILES string of the molecule is CCN(CC)C1=CCC(N(CC)CC)=C1N(CC)CC. The molecular formula is C17H33N3. The maximum atomic E-state index is 2.52. The third-order valence-corrected chi connectivity index (χ3v) is 4.33. The van der Waals surface area contributed by atoms with Gasteiger partial charge < -0.3 is 14.7 Å². The van der Waals surface area contributed by atoms with Crippen LogP contribution in [0.15, 0.2) is 23.2 Å². The summed E-state index contributed by atoms with van der Waals surface area (Å²) in [5.74, 6) is 0. The van der Waals surface area contributed by atoms with Crippen LogP contribution in [0, 0.1) is 0 Å². The molecule has 0 N–H and O–H groups in total. The van der Waals surface area contributed by atoms with Crippen LogP contribution in [0.25, 0.3) is 0 Å². The summed E-state index contributed by atoms with van der Waals surface area (Å²) in [6.45, 7) is 20.0. The highest BCUT2D eigenvalue weighted by Crippen LogP contribution is 2.33. The number of likely N-dealkylation sites (N-methyl/N-ethyl adjacent to an activating group) is 2. The summed E-state index contributed by atoms with van der Waals surface area (Å²) < 4.78 is 0. The van der Waals surface area contributed by atoms with E-state index in [0.29, 0.717) is 0 Å². The molecular weight excluding hydrogens is 246 g/mol. The van der Waals surface area contributed by atoms with Gasteiger partial charge in [0.1, 0.15) is 0 Å². The molecule has 0 bridgehead atoms. The second-order valence-electron chi connectivity index (χ2n) is 5.11. The number of hydrogen-bond donors (Lipinski definition) is 0. The molecule has 0 aliphatic heterocycles. The zero-order chi connectivity index (χ0) is 15.1. The number of hydrogen-bond acceptors (Lipinski definition) is 3. The van der Waals surface area contributed by atoms with E-state index in [1.54, 1.807) is 0 Å². The van der Waals surface area contributed by atoms with Crippen LogP contribution in [-0.4, -0.2) is 54.0 Å². The molecule has 1 rings (SSSR count). The minimum absolute atomic E-state index is 1.08. The predicted molar refractivity (Wildman–Crippen MR) is 88.5 cm³/mol. The lowest BCUT2D eigenvalue weighted by Gasteiger charge is -2.34. The van der Waals surface area contributed by atoms with Gasteiger partial charge in [0, 0.05) is 51.4 Å². The summed E-state index contributed by atoms with van der Waals surface area (Å²) in [5.41, 5.74) is 4.43. The molecule has 1 aliphatic rings. The van der Waals surface area contributed by atoms with Crippen LogP contribution < -0.4 is 0 Å². The van der Waals surface area contributed by atoms with E-state index >= 15 is 0 Å². The Morgan fingerprint density at radius 2 is 1.15 bits per heavy atom. The summed E-state index contributed by atoms with van der Waals surface area (Å²) in [6.07, 6.45) is 3.51. The molecule has 20 heavy (non-hydrogen) atoms. The average Bonchev–Trinajstić information content (AvgIpc) is 2.88. The van der Waals surface area contributed by atoms with Gasteiger partial charge in [-0.25, -0.2) is 0 Å². The van der Waals surface area contributed by atoms with Crippen molar-refractivity contribution in [2.24, 2.45) is 0 Å². The Kier molecular flexibility index (Phi) is 6.97. The molecule has 0 unspecified atom stereocenters. The fraction of sp³-hybridized carbons (Fsp3) is 0.765. The lowest BCUT2D eigenvalue weighted by molar-refractivity contribution is 0.305. The summed E-state index contributed by atoms with van der Waals surface area (Å²) >= 11 is 0. The van der Waals surface area contributed by atoms with Crippen LogP contribution in [0.3, 0.4) is 0 Å². The number of rotatable bonds is 9. The molecule has 0 radical (unpaired) electrons. The Morgan fingerprint density at radius 1 is 0.700 bits per heavy atom. The van der Waals surface area contributed by atoms with Gasteiger partial charge in [-0.05, 0) is 41.5 Å². The van der Waals surface area contributed by atoms with Crippen LogP contribution in [0.1, 0.15) is 48.0 Å². The zero-order valence-corrected chi connectivity index (χ0v) is 14.4. The molecule has 0 aromatic heterocycles. The first kappa shape index (κ1) is 16.9. The maximum Gasteiger partial charge on any atom is 0.0798 e. The van der Waals surface area contributed by atoms with Crippen LogP contribution in [0.5, 0.6) is 0 Å². The van der Waals surface area contributed by atoms with Gasteiger partial charge in [0.05, 0.1) is 11.4 Å². The highest BCUT2D eigenvalue weighted by atomic mass is 15.2. The number of nitrogens with zero attached hydrogens (tertiary/aromatic N) is 3. The maximum absolute atomic E-state index is 2.52. The van der Waals surface area contributed by atoms with Gasteiger partial charge in [0.25, 0.3) is 0 Å². The molecule has 1 aliphatic carbocycles. The Balaban J connectivity index is 3.20. The minimum Gasteiger partial charge on any atom is -0.373 e. The molecule has 0 atom stereocenters. The van der Waals surface area contributed by atoms with Crippen molar-refractivity contribution in [3.05, 3.63) is 23.2 Å². The minimum atomic E-state index is 1.08. The predicted octanol–water partition coefficient (Wildman–Crippen LogP) is 3.51. The van der Waals surface area contributed by atoms with E-state index in [4.69, 9.17) is 0 Å². The van der Waals surface area contributed by atoms with Gasteiger partial charge in [-0.2, -0.15) is 0 Å². The molecule has 3 heteroatoms. The second kappa shape index (κ2) is 8.23. The van der Waals surface area contributed by atoms with Crippen LogP contribution in [0.4, 0.5) is 0 Å². The van der Waals surface area contributed by atoms with E-state index in [0.717, 1.165) is 45.7 Å². The monoisotopic (exact) mass is 279 g/mol. The summed E-state index contributed by atoms with van der Waals surface area (Å²) in [6, 6.07) is 0. The van der Waals surface area contributed by atoms with Crippen LogP contribution in [-0.2, 0) is 0 Å². The topological polar surface area (TPSA) is 9.72 Å². The van der Waals surface area contributed by atoms with Crippen molar-refractivity contribution in [2.75, 3.05) is 39.3 Å². The molecule has 0 aromatic carbocycles. The van der Waals surface area contributed by atoms with E-state index < -0.39 is 0 Å². The zero-order valence-electron chi connectivity index (χ0n) is 14.4. The second-order valence-corrected chi connectivity index (χ2v) is 5.11. The van der Waals surface area contributed by atoms with Gasteiger partial charge in [-0.1, -0.05) is 6.08 Å². The standard InChI is InChI=1S/C17H33N3/c1-7-18(8-2)15-13-14-16(19(9-3)10-4)17(15)20(11-5)12-6/h13H,7-12,14H2,1-6H3. The van der Waals surface area contributed by atoms with Crippen molar-refractivity contribution in [2.45, 2.75) is 48.0 Å². The van der Waals surface area contributed by atoms with E-state index in [2.05, 4.69) is 62.3 Å². The van der Waals surface area contributed by atoms with Crippen LogP contribution in [0.2, 0.25) is 0 Å². The summed E-state index contributed by atoms with van der Waals surface area (Å²) in [4.78, 5) is 7.52. The van der Waals surface area contributed by atoms with Crippen molar-refractivity contribution < 1.29 is 0 Å². The summed E-state index contributed by atoms with van der Waals surface area (Å²) in [7, 11) is 0. The first-order chi connectivity index (χ1) is 9.68. The first-order valence-corrected chi connectivity index (χ1v) is 8.36. The highest BCUT2D eigenvalue weighted by molar-refractivity contribution is 5.40. The molecule has 0 saturated carbocycles. The number of allylic oxidation sites excluding steroid dienone is 1. The fourth-order valence-corrected chi connectivity index (χ4v) is 3.15. The van der Waals surface area contributed by atoms with E-state index in [1.807, 2.05) is 0 Å². The van der Waals surface area contributed by atoms with E-state index in [9.17, 15) is 0 Å². The molecule has 0 fully saturated rings. The van der Waals surface area contributed by atoms with Crippen molar-refractivity contribution >= 4 is 0 Å². The molecule has 0 saturated heterocycles. The lowest BCUT2D eigenvalue weighted by atomic mass is 10.2. The smallest absolute Gasteiger partial charge is 0.0798 e. The Labute approximate surface area is 125 Å². The third-order valence-electron chi connectivity index (χ3n) is 4.33. The molecule has 0 spiro atoms. The Bertz CT molecular complexity index is 345. The van der Waals surface area contributed by atoms with E-state index in [1.165, 1.54) is 17.1 Å². The molecule has 3 nitrogen and oxygen atoms in total. The van der Waals surface area contributed by atoms with E-state index in [-0.39, 0.29) is 0 Å². The van der Waals surface area contributed by atoms with Gasteiger partial charge >= 0.3 is 0 Å². The van der Waals surface area contributed by atoms with Crippen molar-refractivity contribution in [1.29, 1.82) is 0 Å². The van der Waals surface area contributed by atoms with Gasteiger partial charge in [0.15, 0.2) is 0 Å². The normalized spacial score (nSPS) is 14.6. The van der Waals surface area contributed by atoms with Crippen molar-refractivity contribution in [1.82, 2.24) is 14.7 Å². The average molecular weight is 279 g/mol. The quantitative estimate of drug-likeness (QED) is 0.639. The van der Waals surface area contributed by atoms with Crippen molar-refractivity contribution in [3.8, 4) is 0 Å². The molecule has 0 amide bonds. The van der Waals surface area contributed by atoms with Crippen molar-refractivity contribution in [3.63, 3.8) is 0 Å². The van der Waals surface area contributed by atoms with Gasteiger partial charge in [-0.15, -0.1) is 0 Å². The Hall–Kier alpha value is -1.12. The highest BCUT2D eigenvalue weighted by Gasteiger charge is 2.26. The molecule has 0 aromatic rings. The first-order valence-electron chi connectivity index (χ1n) is 8.36. The molecule has 116 valence electrons. The molecule has 0 heterocycles. The fourth-order valence-electron chi connectivity index (χ4n) is 3.15. The summed E-state index contributed by atoms with van der Waals surface area (Å²) in [5, 5.41) is 0. The Morgan fingerprint density at radius 3 is 1.55 bits per heavy atom.